The number of benzene rings is 1. The minimum absolute atomic E-state index is 0.0856. The lowest BCUT2D eigenvalue weighted by molar-refractivity contribution is -0.385. The molecule has 0 aliphatic carbocycles. The number of carbonyl (C=O) groups is 2. The van der Waals surface area contributed by atoms with Crippen molar-refractivity contribution in [3.63, 3.8) is 0 Å². The third-order valence-electron chi connectivity index (χ3n) is 4.19. The van der Waals surface area contributed by atoms with E-state index in [0.29, 0.717) is 32.3 Å². The monoisotopic (exact) mass is 289 g/mol. The van der Waals surface area contributed by atoms with E-state index in [9.17, 15) is 19.7 Å². The summed E-state index contributed by atoms with van der Waals surface area (Å²) in [6.07, 6.45) is 1.96. The van der Waals surface area contributed by atoms with Gasteiger partial charge in [0.05, 0.1) is 10.5 Å². The first-order valence-corrected chi connectivity index (χ1v) is 6.88. The Hall–Kier alpha value is -2.44. The summed E-state index contributed by atoms with van der Waals surface area (Å²) < 4.78 is 0. The van der Waals surface area contributed by atoms with E-state index in [1.807, 2.05) is 4.90 Å². The molecule has 7 nitrogen and oxygen atoms in total. The Morgan fingerprint density at radius 2 is 2.14 bits per heavy atom. The summed E-state index contributed by atoms with van der Waals surface area (Å²) in [6, 6.07) is 4.79. The smallest absolute Gasteiger partial charge is 0.280 e. The van der Waals surface area contributed by atoms with E-state index in [0.717, 1.165) is 12.1 Å². The van der Waals surface area contributed by atoms with Gasteiger partial charge in [0, 0.05) is 43.9 Å². The van der Waals surface area contributed by atoms with Crippen LogP contribution in [0.4, 0.5) is 11.4 Å². The summed E-state index contributed by atoms with van der Waals surface area (Å²) in [7, 11) is 0. The summed E-state index contributed by atoms with van der Waals surface area (Å²) in [5.74, 6) is 0.205. The topological polar surface area (TPSA) is 83.8 Å². The van der Waals surface area contributed by atoms with Crippen molar-refractivity contribution in [3.05, 3.63) is 33.9 Å². The van der Waals surface area contributed by atoms with Crippen molar-refractivity contribution in [1.29, 1.82) is 0 Å². The number of fused-ring (bicyclic) bond motifs is 1. The van der Waals surface area contributed by atoms with Crippen molar-refractivity contribution in [2.45, 2.75) is 18.9 Å². The number of nitro groups is 1. The van der Waals surface area contributed by atoms with Gasteiger partial charge in [-0.2, -0.15) is 0 Å². The maximum absolute atomic E-state index is 11.7. The third kappa shape index (κ3) is 2.35. The molecular formula is C14H15N3O4. The molecule has 1 aromatic rings. The Morgan fingerprint density at radius 3 is 2.86 bits per heavy atom. The highest BCUT2D eigenvalue weighted by molar-refractivity contribution is 5.84. The van der Waals surface area contributed by atoms with Crippen molar-refractivity contribution < 1.29 is 14.5 Å². The van der Waals surface area contributed by atoms with Crippen LogP contribution in [0.3, 0.4) is 0 Å². The molecule has 1 aromatic carbocycles. The molecule has 110 valence electrons. The van der Waals surface area contributed by atoms with Crippen LogP contribution in [0.5, 0.6) is 0 Å². The summed E-state index contributed by atoms with van der Waals surface area (Å²) in [6.45, 7) is 2.05. The summed E-state index contributed by atoms with van der Waals surface area (Å²) in [5, 5.41) is 10.8. The molecule has 0 saturated carbocycles. The molecule has 3 rings (SSSR count). The van der Waals surface area contributed by atoms with Gasteiger partial charge in [0.2, 0.25) is 5.91 Å². The van der Waals surface area contributed by atoms with Gasteiger partial charge in [-0.15, -0.1) is 0 Å². The van der Waals surface area contributed by atoms with Crippen molar-refractivity contribution in [2.24, 2.45) is 0 Å². The van der Waals surface area contributed by atoms with Gasteiger partial charge in [-0.25, -0.2) is 0 Å². The first-order chi connectivity index (χ1) is 10.1. The van der Waals surface area contributed by atoms with Crippen molar-refractivity contribution >= 4 is 23.6 Å². The molecule has 0 radical (unpaired) electrons. The van der Waals surface area contributed by atoms with Crippen molar-refractivity contribution in [3.8, 4) is 0 Å². The number of nitrogens with zero attached hydrogens (tertiary/aromatic N) is 3. The van der Waals surface area contributed by atoms with Crippen molar-refractivity contribution in [1.82, 2.24) is 4.90 Å². The Balaban J connectivity index is 1.83. The highest BCUT2D eigenvalue weighted by Gasteiger charge is 2.35. The number of hydrogen-bond donors (Lipinski definition) is 0. The molecule has 2 saturated heterocycles. The lowest BCUT2D eigenvalue weighted by atomic mass is 10.1. The number of amides is 1. The van der Waals surface area contributed by atoms with E-state index in [2.05, 4.69) is 4.90 Å². The second kappa shape index (κ2) is 5.16. The molecule has 2 heterocycles. The molecule has 0 N–H and O–H groups in total. The molecule has 2 aliphatic heterocycles. The van der Waals surface area contributed by atoms with Crippen LogP contribution < -0.4 is 4.90 Å². The highest BCUT2D eigenvalue weighted by atomic mass is 16.6. The Labute approximate surface area is 121 Å². The molecule has 1 amide bonds. The van der Waals surface area contributed by atoms with E-state index in [4.69, 9.17) is 0 Å². The van der Waals surface area contributed by atoms with Crippen LogP contribution in [0.25, 0.3) is 0 Å². The zero-order valence-corrected chi connectivity index (χ0v) is 11.4. The SMILES string of the molecule is O=Cc1cc(N2CCN3C(=O)CCC3C2)ccc1[N+](=O)[O-]. The van der Waals surface area contributed by atoms with E-state index in [1.54, 1.807) is 12.1 Å². The quantitative estimate of drug-likeness (QED) is 0.474. The highest BCUT2D eigenvalue weighted by Crippen LogP contribution is 2.29. The van der Waals surface area contributed by atoms with Crippen LogP contribution in [-0.4, -0.2) is 47.7 Å². The Kier molecular flexibility index (Phi) is 3.32. The molecule has 0 bridgehead atoms. The number of aldehydes is 1. The average Bonchev–Trinajstić information content (AvgIpc) is 2.87. The van der Waals surface area contributed by atoms with Crippen LogP contribution in [0.1, 0.15) is 23.2 Å². The van der Waals surface area contributed by atoms with Gasteiger partial charge < -0.3 is 9.80 Å². The molecule has 1 atom stereocenters. The first-order valence-electron chi connectivity index (χ1n) is 6.88. The maximum Gasteiger partial charge on any atom is 0.280 e. The lowest BCUT2D eigenvalue weighted by Gasteiger charge is -2.38. The molecule has 1 unspecified atom stereocenters. The standard InChI is InChI=1S/C14H15N3O4/c18-9-10-7-11(1-3-13(10)17(20)21)15-5-6-16-12(8-15)2-4-14(16)19/h1,3,7,9,12H,2,4-6,8H2. The Morgan fingerprint density at radius 1 is 1.33 bits per heavy atom. The minimum atomic E-state index is -0.554. The second-order valence-corrected chi connectivity index (χ2v) is 5.34. The number of carbonyl (C=O) groups excluding carboxylic acids is 2. The average molecular weight is 289 g/mol. The predicted octanol–water partition coefficient (Wildman–Crippen LogP) is 1.22. The Bertz CT molecular complexity index is 616. The molecule has 2 aliphatic rings. The molecule has 0 spiro atoms. The molecule has 7 heteroatoms. The van der Waals surface area contributed by atoms with Crippen LogP contribution in [-0.2, 0) is 4.79 Å². The van der Waals surface area contributed by atoms with Crippen LogP contribution in [0.2, 0.25) is 0 Å². The first kappa shape index (κ1) is 13.5. The van der Waals surface area contributed by atoms with Crippen molar-refractivity contribution in [2.75, 3.05) is 24.5 Å². The van der Waals surface area contributed by atoms with Crippen LogP contribution in [0, 0.1) is 10.1 Å². The molecule has 0 aromatic heterocycles. The number of piperazine rings is 1. The van der Waals surface area contributed by atoms with E-state index < -0.39 is 4.92 Å². The van der Waals surface area contributed by atoms with E-state index in [-0.39, 0.29) is 23.2 Å². The normalized spacial score (nSPS) is 21.3. The van der Waals surface area contributed by atoms with Crippen LogP contribution >= 0.6 is 0 Å². The van der Waals surface area contributed by atoms with Gasteiger partial charge >= 0.3 is 0 Å². The van der Waals surface area contributed by atoms with E-state index >= 15 is 0 Å². The van der Waals surface area contributed by atoms with Crippen LogP contribution in [0.15, 0.2) is 18.2 Å². The fourth-order valence-corrected chi connectivity index (χ4v) is 3.10. The number of anilines is 1. The van der Waals surface area contributed by atoms with Gasteiger partial charge in [0.25, 0.3) is 5.69 Å². The number of nitro benzene ring substituents is 1. The van der Waals surface area contributed by atoms with Gasteiger partial charge in [-0.3, -0.25) is 19.7 Å². The fourth-order valence-electron chi connectivity index (χ4n) is 3.10. The molecular weight excluding hydrogens is 274 g/mol. The van der Waals surface area contributed by atoms with E-state index in [1.165, 1.54) is 6.07 Å². The number of hydrogen-bond acceptors (Lipinski definition) is 5. The van der Waals surface area contributed by atoms with Gasteiger partial charge in [0.1, 0.15) is 0 Å². The summed E-state index contributed by atoms with van der Waals surface area (Å²) in [4.78, 5) is 36.9. The van der Waals surface area contributed by atoms with Gasteiger partial charge in [0.15, 0.2) is 6.29 Å². The van der Waals surface area contributed by atoms with Gasteiger partial charge in [-0.05, 0) is 18.6 Å². The number of rotatable bonds is 3. The zero-order chi connectivity index (χ0) is 15.0. The maximum atomic E-state index is 11.7. The molecule has 2 fully saturated rings. The predicted molar refractivity (Wildman–Crippen MR) is 75.4 cm³/mol. The lowest BCUT2D eigenvalue weighted by Crippen LogP contribution is -2.51. The largest absolute Gasteiger partial charge is 0.368 e. The minimum Gasteiger partial charge on any atom is -0.368 e. The summed E-state index contributed by atoms with van der Waals surface area (Å²) >= 11 is 0. The summed E-state index contributed by atoms with van der Waals surface area (Å²) in [5.41, 5.74) is 0.701. The fraction of sp³-hybridized carbons (Fsp3) is 0.429. The zero-order valence-electron chi connectivity index (χ0n) is 11.4. The molecule has 21 heavy (non-hydrogen) atoms. The third-order valence-corrected chi connectivity index (χ3v) is 4.19. The second-order valence-electron chi connectivity index (χ2n) is 5.34. The van der Waals surface area contributed by atoms with Gasteiger partial charge in [-0.1, -0.05) is 0 Å².